The highest BCUT2D eigenvalue weighted by atomic mass is 79.9. The summed E-state index contributed by atoms with van der Waals surface area (Å²) in [7, 11) is 0. The van der Waals surface area contributed by atoms with Gasteiger partial charge in [0.25, 0.3) is 0 Å². The number of nitrogens with two attached hydrogens (primary N) is 1. The minimum Gasteiger partial charge on any atom is -0.480 e. The maximum atomic E-state index is 11.2. The van der Waals surface area contributed by atoms with E-state index in [0.717, 1.165) is 23.9 Å². The lowest BCUT2D eigenvalue weighted by atomic mass is 10.0. The predicted molar refractivity (Wildman–Crippen MR) is 75.9 cm³/mol. The summed E-state index contributed by atoms with van der Waals surface area (Å²) in [6, 6.07) is 6.58. The monoisotopic (exact) mass is 324 g/mol. The molecule has 102 valence electrons. The summed E-state index contributed by atoms with van der Waals surface area (Å²) >= 11 is 3.59. The summed E-state index contributed by atoms with van der Waals surface area (Å²) < 4.78 is 1.16. The van der Waals surface area contributed by atoms with Gasteiger partial charge in [0, 0.05) is 23.6 Å². The van der Waals surface area contributed by atoms with Crippen LogP contribution in [0.3, 0.4) is 0 Å². The number of nitrogens with zero attached hydrogens (tertiary/aromatic N) is 1. The first-order valence-electron chi connectivity index (χ1n) is 6.55. The van der Waals surface area contributed by atoms with Crippen molar-refractivity contribution < 1.29 is 9.90 Å². The lowest BCUT2D eigenvalue weighted by molar-refractivity contribution is -0.142. The summed E-state index contributed by atoms with van der Waals surface area (Å²) in [5.41, 5.74) is 7.57. The van der Waals surface area contributed by atoms with Gasteiger partial charge in [0.15, 0.2) is 0 Å². The molecule has 0 aromatic heterocycles. The molecule has 1 aliphatic heterocycles. The molecule has 1 saturated heterocycles. The fraction of sp³-hybridized carbons (Fsp3) is 0.500. The summed E-state index contributed by atoms with van der Waals surface area (Å²) in [5.74, 6) is -0.887. The number of halogens is 1. The zero-order chi connectivity index (χ0) is 13.6. The van der Waals surface area contributed by atoms with Crippen LogP contribution in [0.5, 0.6) is 0 Å². The Morgan fingerprint density at radius 2 is 2.32 bits per heavy atom. The molecular weight excluding hydrogens is 308 g/mol. The standard InChI is InChI=1S/C14H17BrN2O2/c15-11-3-1-2-10-9(11)4-5-12(10)17-7-6-14(16,8-17)13(18)19/h1-3,12H,4-8,16H2,(H,18,19). The van der Waals surface area contributed by atoms with E-state index in [2.05, 4.69) is 33.0 Å². The quantitative estimate of drug-likeness (QED) is 0.872. The Labute approximate surface area is 120 Å². The van der Waals surface area contributed by atoms with Crippen LogP contribution in [0.1, 0.15) is 30.0 Å². The fourth-order valence-electron chi connectivity index (χ4n) is 3.27. The average molecular weight is 325 g/mol. The minimum atomic E-state index is -1.07. The Hall–Kier alpha value is -0.910. The summed E-state index contributed by atoms with van der Waals surface area (Å²) in [6.45, 7) is 1.21. The molecule has 1 aliphatic carbocycles. The van der Waals surface area contributed by atoms with Crippen LogP contribution < -0.4 is 5.73 Å². The molecule has 1 aromatic rings. The number of fused-ring (bicyclic) bond motifs is 1. The maximum Gasteiger partial charge on any atom is 0.325 e. The van der Waals surface area contributed by atoms with Crippen molar-refractivity contribution in [1.29, 1.82) is 0 Å². The van der Waals surface area contributed by atoms with Gasteiger partial charge in [0.1, 0.15) is 5.54 Å². The summed E-state index contributed by atoms with van der Waals surface area (Å²) in [5, 5.41) is 9.21. The number of hydrogen-bond acceptors (Lipinski definition) is 3. The van der Waals surface area contributed by atoms with Gasteiger partial charge in [-0.05, 0) is 36.5 Å². The van der Waals surface area contributed by atoms with Crippen LogP contribution in [0.2, 0.25) is 0 Å². The molecule has 1 heterocycles. The van der Waals surface area contributed by atoms with Gasteiger partial charge in [-0.3, -0.25) is 9.69 Å². The lowest BCUT2D eigenvalue weighted by Crippen LogP contribution is -2.50. The molecule has 0 saturated carbocycles. The van der Waals surface area contributed by atoms with Gasteiger partial charge in [-0.15, -0.1) is 0 Å². The van der Waals surface area contributed by atoms with Gasteiger partial charge in [0.2, 0.25) is 0 Å². The van der Waals surface area contributed by atoms with Crippen molar-refractivity contribution in [3.63, 3.8) is 0 Å². The van der Waals surface area contributed by atoms with Crippen LogP contribution in [0.4, 0.5) is 0 Å². The van der Waals surface area contributed by atoms with Gasteiger partial charge in [-0.25, -0.2) is 0 Å². The molecule has 4 nitrogen and oxygen atoms in total. The zero-order valence-corrected chi connectivity index (χ0v) is 12.2. The first kappa shape index (κ1) is 13.1. The smallest absolute Gasteiger partial charge is 0.325 e. The van der Waals surface area contributed by atoms with Crippen molar-refractivity contribution in [1.82, 2.24) is 4.90 Å². The number of rotatable bonds is 2. The molecule has 1 aromatic carbocycles. The molecule has 3 rings (SSSR count). The van der Waals surface area contributed by atoms with E-state index in [4.69, 9.17) is 5.73 Å². The molecule has 3 N–H and O–H groups in total. The Kier molecular flexibility index (Phi) is 3.15. The van der Waals surface area contributed by atoms with Crippen LogP contribution >= 0.6 is 15.9 Å². The second kappa shape index (κ2) is 4.58. The van der Waals surface area contributed by atoms with Crippen LogP contribution in [0, 0.1) is 0 Å². The third kappa shape index (κ3) is 2.10. The van der Waals surface area contributed by atoms with Crippen LogP contribution in [-0.2, 0) is 11.2 Å². The highest BCUT2D eigenvalue weighted by molar-refractivity contribution is 9.10. The van der Waals surface area contributed by atoms with Crippen molar-refractivity contribution in [3.05, 3.63) is 33.8 Å². The number of aliphatic carboxylic acids is 1. The van der Waals surface area contributed by atoms with E-state index in [1.54, 1.807) is 0 Å². The number of carboxylic acid groups (broad SMARTS) is 1. The summed E-state index contributed by atoms with van der Waals surface area (Å²) in [4.78, 5) is 13.5. The molecule has 2 atom stereocenters. The van der Waals surface area contributed by atoms with Gasteiger partial charge >= 0.3 is 5.97 Å². The van der Waals surface area contributed by atoms with E-state index >= 15 is 0 Å². The van der Waals surface area contributed by atoms with E-state index < -0.39 is 11.5 Å². The topological polar surface area (TPSA) is 66.6 Å². The SMILES string of the molecule is NC1(C(=O)O)CCN(C2CCc3c(Br)cccc32)C1. The van der Waals surface area contributed by atoms with E-state index in [1.165, 1.54) is 11.1 Å². The number of carbonyl (C=O) groups is 1. The molecule has 2 unspecified atom stereocenters. The number of likely N-dealkylation sites (tertiary alicyclic amines) is 1. The summed E-state index contributed by atoms with van der Waals surface area (Å²) in [6.07, 6.45) is 2.62. The van der Waals surface area contributed by atoms with Gasteiger partial charge < -0.3 is 10.8 Å². The first-order chi connectivity index (χ1) is 9.01. The van der Waals surface area contributed by atoms with Gasteiger partial charge in [-0.2, -0.15) is 0 Å². The Morgan fingerprint density at radius 3 is 3.00 bits per heavy atom. The van der Waals surface area contributed by atoms with Crippen molar-refractivity contribution >= 4 is 21.9 Å². The second-order valence-corrected chi connectivity index (χ2v) is 6.40. The van der Waals surface area contributed by atoms with Crippen molar-refractivity contribution in [2.24, 2.45) is 5.73 Å². The molecule has 0 radical (unpaired) electrons. The normalized spacial score (nSPS) is 30.5. The van der Waals surface area contributed by atoms with Crippen LogP contribution in [0.25, 0.3) is 0 Å². The van der Waals surface area contributed by atoms with Crippen LogP contribution in [-0.4, -0.2) is 34.6 Å². The molecule has 2 aliphatic rings. The molecular formula is C14H17BrN2O2. The first-order valence-corrected chi connectivity index (χ1v) is 7.34. The highest BCUT2D eigenvalue weighted by Gasteiger charge is 2.44. The average Bonchev–Trinajstić information content (AvgIpc) is 2.94. The third-order valence-electron chi connectivity index (χ3n) is 4.38. The minimum absolute atomic E-state index is 0.317. The number of benzene rings is 1. The van der Waals surface area contributed by atoms with E-state index in [-0.39, 0.29) is 0 Å². The van der Waals surface area contributed by atoms with Gasteiger partial charge in [-0.1, -0.05) is 28.1 Å². The molecule has 0 spiro atoms. The number of hydrogen-bond donors (Lipinski definition) is 2. The van der Waals surface area contributed by atoms with Crippen molar-refractivity contribution in [2.75, 3.05) is 13.1 Å². The Bertz CT molecular complexity index is 534. The second-order valence-electron chi connectivity index (χ2n) is 5.54. The van der Waals surface area contributed by atoms with E-state index in [9.17, 15) is 9.90 Å². The van der Waals surface area contributed by atoms with E-state index in [1.807, 2.05) is 6.07 Å². The zero-order valence-electron chi connectivity index (χ0n) is 10.6. The Balaban J connectivity index is 1.84. The molecule has 5 heteroatoms. The molecule has 0 amide bonds. The molecule has 19 heavy (non-hydrogen) atoms. The largest absolute Gasteiger partial charge is 0.480 e. The lowest BCUT2D eigenvalue weighted by Gasteiger charge is -2.26. The van der Waals surface area contributed by atoms with Crippen molar-refractivity contribution in [3.8, 4) is 0 Å². The number of carboxylic acids is 1. The molecule has 0 bridgehead atoms. The maximum absolute atomic E-state index is 11.2. The van der Waals surface area contributed by atoms with E-state index in [0.29, 0.717) is 19.0 Å². The van der Waals surface area contributed by atoms with Crippen molar-refractivity contribution in [2.45, 2.75) is 30.8 Å². The Morgan fingerprint density at radius 1 is 1.53 bits per heavy atom. The molecule has 1 fully saturated rings. The third-order valence-corrected chi connectivity index (χ3v) is 5.12. The van der Waals surface area contributed by atoms with Gasteiger partial charge in [0.05, 0.1) is 0 Å². The van der Waals surface area contributed by atoms with Crippen LogP contribution in [0.15, 0.2) is 22.7 Å². The highest BCUT2D eigenvalue weighted by Crippen LogP contribution is 2.41. The fourth-order valence-corrected chi connectivity index (χ4v) is 3.85. The predicted octanol–water partition coefficient (Wildman–Crippen LogP) is 1.92.